The fraction of sp³-hybridized carbons (Fsp3) is 0.417. The van der Waals surface area contributed by atoms with Crippen LogP contribution in [0.2, 0.25) is 0 Å². The number of hydrogen-bond donors (Lipinski definition) is 2. The summed E-state index contributed by atoms with van der Waals surface area (Å²) in [5.74, 6) is 2.04. The highest BCUT2D eigenvalue weighted by Crippen LogP contribution is 2.31. The summed E-state index contributed by atoms with van der Waals surface area (Å²) in [5, 5.41) is 7.01. The Balaban J connectivity index is 1.68. The smallest absolute Gasteiger partial charge is 0.146 e. The van der Waals surface area contributed by atoms with Gasteiger partial charge >= 0.3 is 0 Å². The van der Waals surface area contributed by atoms with E-state index in [1.54, 1.807) is 12.5 Å². The molecule has 6 nitrogen and oxygen atoms in total. The summed E-state index contributed by atoms with van der Waals surface area (Å²) in [7, 11) is 0. The van der Waals surface area contributed by atoms with Crippen LogP contribution in [0, 0.1) is 0 Å². The van der Waals surface area contributed by atoms with Gasteiger partial charge in [0.05, 0.1) is 4.47 Å². The summed E-state index contributed by atoms with van der Waals surface area (Å²) >= 11 is 3.50. The topological polar surface area (TPSA) is 83.7 Å². The van der Waals surface area contributed by atoms with Crippen LogP contribution in [-0.4, -0.2) is 33.3 Å². The van der Waals surface area contributed by atoms with Crippen LogP contribution < -0.4 is 10.6 Å². The molecule has 3 heterocycles. The summed E-state index contributed by atoms with van der Waals surface area (Å²) in [5.41, 5.74) is 6.79. The lowest BCUT2D eigenvalue weighted by atomic mass is 9.93. The molecule has 7 heteroatoms. The highest BCUT2D eigenvalue weighted by atomic mass is 79.9. The van der Waals surface area contributed by atoms with Gasteiger partial charge in [-0.1, -0.05) is 0 Å². The van der Waals surface area contributed by atoms with Crippen LogP contribution in [0.4, 0.5) is 11.6 Å². The minimum absolute atomic E-state index is 0.502. The zero-order valence-corrected chi connectivity index (χ0v) is 12.0. The first-order valence-corrected chi connectivity index (χ1v) is 7.04. The van der Waals surface area contributed by atoms with E-state index >= 15 is 0 Å². The van der Waals surface area contributed by atoms with Crippen LogP contribution in [-0.2, 0) is 0 Å². The highest BCUT2D eigenvalue weighted by molar-refractivity contribution is 9.10. The fourth-order valence-electron chi connectivity index (χ4n) is 2.50. The van der Waals surface area contributed by atoms with Gasteiger partial charge in [-0.15, -0.1) is 0 Å². The number of nitrogens with one attached hydrogen (secondary N) is 1. The van der Waals surface area contributed by atoms with E-state index in [-0.39, 0.29) is 0 Å². The molecule has 3 N–H and O–H groups in total. The van der Waals surface area contributed by atoms with Gasteiger partial charge in [-0.25, -0.2) is 9.97 Å². The van der Waals surface area contributed by atoms with Gasteiger partial charge in [0.25, 0.3) is 0 Å². The van der Waals surface area contributed by atoms with Crippen molar-refractivity contribution in [2.45, 2.75) is 18.8 Å². The van der Waals surface area contributed by atoms with E-state index in [1.807, 2.05) is 6.07 Å². The SMILES string of the molecule is Nc1cc(C2CCN(c3ncncc3Br)CC2)[nH]n1. The third kappa shape index (κ3) is 2.56. The standard InChI is InChI=1S/C12H15BrN6/c13-9-6-15-7-16-12(9)19-3-1-8(2-4-19)10-5-11(14)18-17-10/h5-8H,1-4H2,(H3,14,17,18). The number of nitrogens with two attached hydrogens (primary N) is 1. The molecule has 100 valence electrons. The molecule has 0 saturated carbocycles. The number of aromatic nitrogens is 4. The largest absolute Gasteiger partial charge is 0.382 e. The zero-order valence-electron chi connectivity index (χ0n) is 10.4. The van der Waals surface area contributed by atoms with E-state index in [9.17, 15) is 0 Å². The van der Waals surface area contributed by atoms with Gasteiger partial charge in [-0.2, -0.15) is 5.10 Å². The molecule has 0 radical (unpaired) electrons. The van der Waals surface area contributed by atoms with Crippen LogP contribution in [0.1, 0.15) is 24.5 Å². The van der Waals surface area contributed by atoms with Gasteiger partial charge in [0.1, 0.15) is 18.0 Å². The van der Waals surface area contributed by atoms with Crippen LogP contribution in [0.15, 0.2) is 23.1 Å². The van der Waals surface area contributed by atoms with Crippen molar-refractivity contribution in [3.63, 3.8) is 0 Å². The van der Waals surface area contributed by atoms with E-state index in [0.29, 0.717) is 11.7 Å². The summed E-state index contributed by atoms with van der Waals surface area (Å²) < 4.78 is 0.944. The molecule has 1 fully saturated rings. The average molecular weight is 323 g/mol. The monoisotopic (exact) mass is 322 g/mol. The lowest BCUT2D eigenvalue weighted by Gasteiger charge is -2.32. The number of aromatic amines is 1. The van der Waals surface area contributed by atoms with Gasteiger partial charge in [-0.3, -0.25) is 5.10 Å². The number of rotatable bonds is 2. The number of hydrogen-bond acceptors (Lipinski definition) is 5. The number of nitrogens with zero attached hydrogens (tertiary/aromatic N) is 4. The maximum absolute atomic E-state index is 5.65. The molecule has 2 aromatic rings. The molecule has 2 aromatic heterocycles. The molecule has 3 rings (SSSR count). The minimum Gasteiger partial charge on any atom is -0.382 e. The molecular weight excluding hydrogens is 308 g/mol. The van der Waals surface area contributed by atoms with Gasteiger partial charge in [0.2, 0.25) is 0 Å². The molecule has 0 atom stereocenters. The first-order chi connectivity index (χ1) is 9.24. The van der Waals surface area contributed by atoms with Crippen molar-refractivity contribution in [2.24, 2.45) is 0 Å². The predicted octanol–water partition coefficient (Wildman–Crippen LogP) is 1.93. The maximum Gasteiger partial charge on any atom is 0.146 e. The van der Waals surface area contributed by atoms with E-state index in [2.05, 4.69) is 41.0 Å². The predicted molar refractivity (Wildman–Crippen MR) is 76.9 cm³/mol. The summed E-state index contributed by atoms with van der Waals surface area (Å²) in [6, 6.07) is 1.93. The van der Waals surface area contributed by atoms with Crippen LogP contribution in [0.3, 0.4) is 0 Å². The Bertz CT molecular complexity index is 561. The third-order valence-electron chi connectivity index (χ3n) is 3.50. The highest BCUT2D eigenvalue weighted by Gasteiger charge is 2.23. The zero-order chi connectivity index (χ0) is 13.2. The number of piperidine rings is 1. The van der Waals surface area contributed by atoms with Crippen molar-refractivity contribution >= 4 is 27.6 Å². The Kier molecular flexibility index (Phi) is 3.37. The van der Waals surface area contributed by atoms with E-state index < -0.39 is 0 Å². The van der Waals surface area contributed by atoms with Gasteiger partial charge in [-0.05, 0) is 28.8 Å². The molecule has 0 aliphatic carbocycles. The Morgan fingerprint density at radius 1 is 1.37 bits per heavy atom. The molecule has 0 aromatic carbocycles. The fourth-order valence-corrected chi connectivity index (χ4v) is 2.97. The normalized spacial score (nSPS) is 16.8. The molecule has 1 aliphatic rings. The molecule has 0 amide bonds. The van der Waals surface area contributed by atoms with Crippen molar-refractivity contribution < 1.29 is 0 Å². The molecule has 1 aliphatic heterocycles. The summed E-state index contributed by atoms with van der Waals surface area (Å²) in [4.78, 5) is 10.6. The van der Waals surface area contributed by atoms with Gasteiger partial charge in [0, 0.05) is 37.0 Å². The second kappa shape index (κ2) is 5.16. The van der Waals surface area contributed by atoms with Gasteiger partial charge in [0.15, 0.2) is 0 Å². The summed E-state index contributed by atoms with van der Waals surface area (Å²) in [6.45, 7) is 1.94. The van der Waals surface area contributed by atoms with Crippen molar-refractivity contribution in [1.29, 1.82) is 0 Å². The second-order valence-corrected chi connectivity index (χ2v) is 5.56. The lowest BCUT2D eigenvalue weighted by molar-refractivity contribution is 0.492. The number of halogens is 1. The lowest BCUT2D eigenvalue weighted by Crippen LogP contribution is -2.33. The van der Waals surface area contributed by atoms with Crippen LogP contribution in [0.25, 0.3) is 0 Å². The van der Waals surface area contributed by atoms with Crippen molar-refractivity contribution in [2.75, 3.05) is 23.7 Å². The number of anilines is 2. The van der Waals surface area contributed by atoms with Crippen LogP contribution in [0.5, 0.6) is 0 Å². The molecule has 1 saturated heterocycles. The van der Waals surface area contributed by atoms with Crippen molar-refractivity contribution in [3.8, 4) is 0 Å². The quantitative estimate of drug-likeness (QED) is 0.882. The van der Waals surface area contributed by atoms with Crippen molar-refractivity contribution in [3.05, 3.63) is 28.8 Å². The van der Waals surface area contributed by atoms with E-state index in [4.69, 9.17) is 5.73 Å². The maximum atomic E-state index is 5.65. The molecule has 0 spiro atoms. The first-order valence-electron chi connectivity index (χ1n) is 6.25. The Labute approximate surface area is 119 Å². The Hall–Kier alpha value is -1.63. The number of H-pyrrole nitrogens is 1. The Morgan fingerprint density at radius 2 is 2.16 bits per heavy atom. The summed E-state index contributed by atoms with van der Waals surface area (Å²) in [6.07, 6.45) is 5.50. The molecular formula is C12H15BrN6. The number of nitrogen functional groups attached to an aromatic ring is 1. The van der Waals surface area contributed by atoms with Gasteiger partial charge < -0.3 is 10.6 Å². The average Bonchev–Trinajstić information content (AvgIpc) is 2.86. The first kappa shape index (κ1) is 12.4. The Morgan fingerprint density at radius 3 is 2.79 bits per heavy atom. The minimum atomic E-state index is 0.502. The van der Waals surface area contributed by atoms with E-state index in [0.717, 1.165) is 41.9 Å². The van der Waals surface area contributed by atoms with Crippen molar-refractivity contribution in [1.82, 2.24) is 20.2 Å². The molecule has 0 bridgehead atoms. The molecule has 19 heavy (non-hydrogen) atoms. The molecule has 0 unspecified atom stereocenters. The van der Waals surface area contributed by atoms with Crippen LogP contribution >= 0.6 is 15.9 Å². The van der Waals surface area contributed by atoms with E-state index in [1.165, 1.54) is 0 Å². The third-order valence-corrected chi connectivity index (χ3v) is 4.06. The second-order valence-electron chi connectivity index (χ2n) is 4.70.